The predicted molar refractivity (Wildman–Crippen MR) is 197 cm³/mol. The Morgan fingerprint density at radius 1 is 0.788 bits per heavy atom. The van der Waals surface area contributed by atoms with Gasteiger partial charge in [-0.15, -0.1) is 0 Å². The molecule has 12 heteroatoms. The summed E-state index contributed by atoms with van der Waals surface area (Å²) in [5.41, 5.74) is 3.28. The summed E-state index contributed by atoms with van der Waals surface area (Å²) in [6.45, 7) is 1.97. The lowest BCUT2D eigenvalue weighted by Gasteiger charge is -2.38. The summed E-state index contributed by atoms with van der Waals surface area (Å²) in [7, 11) is 1.63. The van der Waals surface area contributed by atoms with E-state index < -0.39 is 11.5 Å². The van der Waals surface area contributed by atoms with Gasteiger partial charge in [0.25, 0.3) is 5.91 Å². The topological polar surface area (TPSA) is 141 Å². The number of esters is 1. The highest BCUT2D eigenvalue weighted by molar-refractivity contribution is 6.06. The highest BCUT2D eigenvalue weighted by Crippen LogP contribution is 2.37. The molecule has 0 saturated heterocycles. The van der Waals surface area contributed by atoms with Crippen molar-refractivity contribution in [2.24, 2.45) is 0 Å². The van der Waals surface area contributed by atoms with Gasteiger partial charge in [0.15, 0.2) is 17.0 Å². The van der Waals surface area contributed by atoms with Gasteiger partial charge in [0.05, 0.1) is 25.6 Å². The van der Waals surface area contributed by atoms with E-state index in [1.807, 2.05) is 66.7 Å². The monoisotopic (exact) mass is 697 g/mol. The number of fused-ring (bicyclic) bond motifs is 1. The number of aromatic nitrogens is 4. The Morgan fingerprint density at radius 3 is 2.02 bits per heavy atom. The zero-order chi connectivity index (χ0) is 36.3. The van der Waals surface area contributed by atoms with Crippen LogP contribution in [0, 0.1) is 0 Å². The van der Waals surface area contributed by atoms with Gasteiger partial charge in [-0.25, -0.2) is 15.0 Å². The van der Waals surface area contributed by atoms with Crippen LogP contribution in [-0.2, 0) is 26.4 Å². The number of nitrogens with one attached hydrogen (secondary N) is 2. The van der Waals surface area contributed by atoms with Crippen LogP contribution in [0.3, 0.4) is 0 Å². The molecule has 0 aliphatic heterocycles. The minimum atomic E-state index is -0.814. The van der Waals surface area contributed by atoms with E-state index >= 15 is 0 Å². The van der Waals surface area contributed by atoms with Gasteiger partial charge in [0, 0.05) is 18.7 Å². The first kappa shape index (κ1) is 35.4. The van der Waals surface area contributed by atoms with E-state index in [1.54, 1.807) is 42.9 Å². The first-order valence-electron chi connectivity index (χ1n) is 16.9. The molecule has 52 heavy (non-hydrogen) atoms. The highest BCUT2D eigenvalue weighted by Gasteiger charge is 2.36. The van der Waals surface area contributed by atoms with Crippen LogP contribution in [-0.4, -0.2) is 75.6 Å². The molecule has 0 atom stereocenters. The van der Waals surface area contributed by atoms with Gasteiger partial charge in [-0.3, -0.25) is 19.7 Å². The molecular weight excluding hydrogens is 658 g/mol. The fraction of sp³-hybridized carbons (Fsp3) is 0.200. The second-order valence-corrected chi connectivity index (χ2v) is 11.8. The van der Waals surface area contributed by atoms with Gasteiger partial charge in [-0.05, 0) is 47.9 Å². The molecule has 0 radical (unpaired) electrons. The van der Waals surface area contributed by atoms with Crippen LogP contribution in [0.2, 0.25) is 0 Å². The molecule has 2 N–H and O–H groups in total. The number of carbonyl (C=O) groups excluding carboxylic acids is 3. The van der Waals surface area contributed by atoms with E-state index in [1.165, 1.54) is 17.6 Å². The number of carbonyl (C=O) groups is 3. The molecule has 0 aliphatic carbocycles. The molecule has 0 unspecified atom stereocenters. The molecule has 2 heterocycles. The third-order valence-corrected chi connectivity index (χ3v) is 8.66. The first-order chi connectivity index (χ1) is 25.4. The zero-order valence-electron chi connectivity index (χ0n) is 28.9. The van der Waals surface area contributed by atoms with Crippen molar-refractivity contribution < 1.29 is 23.9 Å². The van der Waals surface area contributed by atoms with Crippen LogP contribution in [0.25, 0.3) is 11.2 Å². The Kier molecular flexibility index (Phi) is 11.3. The van der Waals surface area contributed by atoms with Crippen molar-refractivity contribution in [1.82, 2.24) is 29.7 Å². The van der Waals surface area contributed by atoms with Crippen molar-refractivity contribution in [3.05, 3.63) is 150 Å². The maximum absolute atomic E-state index is 14.0. The Balaban J connectivity index is 1.27. The lowest BCUT2D eigenvalue weighted by molar-refractivity contribution is -0.149. The van der Waals surface area contributed by atoms with E-state index in [0.29, 0.717) is 23.3 Å². The van der Waals surface area contributed by atoms with Crippen LogP contribution in [0.5, 0.6) is 5.75 Å². The molecule has 0 bridgehead atoms. The second-order valence-electron chi connectivity index (χ2n) is 11.8. The van der Waals surface area contributed by atoms with E-state index in [-0.39, 0.29) is 43.9 Å². The van der Waals surface area contributed by atoms with Crippen molar-refractivity contribution in [3.63, 3.8) is 0 Å². The lowest BCUT2D eigenvalue weighted by atomic mass is 9.77. The highest BCUT2D eigenvalue weighted by atomic mass is 16.5. The number of benzene rings is 4. The van der Waals surface area contributed by atoms with Gasteiger partial charge >= 0.3 is 5.97 Å². The standard InChI is InChI=1S/C40H39N7O5/c1-3-52-35(49)26-46(34(48)25-47-28-43-36-37(41-27-42-38(36)47)45-39(50)29-13-7-4-8-14-29)24-23-44-40(30-15-9-5-10-16-30,31-17-11-6-12-18-31)32-19-21-33(51-2)22-20-32/h4-22,27-28,44H,3,23-26H2,1-2H3,(H,41,42,45,50). The van der Waals surface area contributed by atoms with Gasteiger partial charge in [0.2, 0.25) is 5.91 Å². The lowest BCUT2D eigenvalue weighted by Crippen LogP contribution is -2.49. The maximum atomic E-state index is 14.0. The minimum Gasteiger partial charge on any atom is -0.497 e. The molecule has 264 valence electrons. The third-order valence-electron chi connectivity index (χ3n) is 8.66. The summed E-state index contributed by atoms with van der Waals surface area (Å²) >= 11 is 0. The summed E-state index contributed by atoms with van der Waals surface area (Å²) in [5, 5.41) is 6.55. The summed E-state index contributed by atoms with van der Waals surface area (Å²) < 4.78 is 12.3. The van der Waals surface area contributed by atoms with Crippen molar-refractivity contribution >= 4 is 34.8 Å². The SMILES string of the molecule is CCOC(=O)CN(CCNC(c1ccccc1)(c1ccccc1)c1ccc(OC)cc1)C(=O)Cn1cnc2c(NC(=O)c3ccccc3)ncnc21. The smallest absolute Gasteiger partial charge is 0.325 e. The summed E-state index contributed by atoms with van der Waals surface area (Å²) in [4.78, 5) is 54.1. The Labute approximate surface area is 301 Å². The number of imidazole rings is 1. The second kappa shape index (κ2) is 16.5. The van der Waals surface area contributed by atoms with E-state index in [4.69, 9.17) is 9.47 Å². The largest absolute Gasteiger partial charge is 0.497 e. The molecule has 0 fully saturated rings. The third kappa shape index (κ3) is 7.82. The van der Waals surface area contributed by atoms with E-state index in [2.05, 4.69) is 49.9 Å². The van der Waals surface area contributed by atoms with Crippen LogP contribution in [0.4, 0.5) is 5.82 Å². The van der Waals surface area contributed by atoms with Crippen molar-refractivity contribution in [1.29, 1.82) is 0 Å². The molecule has 0 spiro atoms. The van der Waals surface area contributed by atoms with Crippen LogP contribution < -0.4 is 15.4 Å². The van der Waals surface area contributed by atoms with Crippen LogP contribution >= 0.6 is 0 Å². The molecule has 6 rings (SSSR count). The normalized spacial score (nSPS) is 11.2. The first-order valence-corrected chi connectivity index (χ1v) is 16.9. The fourth-order valence-electron chi connectivity index (χ4n) is 6.16. The molecule has 2 aromatic heterocycles. The van der Waals surface area contributed by atoms with E-state index in [0.717, 1.165) is 22.4 Å². The van der Waals surface area contributed by atoms with Crippen molar-refractivity contribution in [2.75, 3.05) is 38.7 Å². The van der Waals surface area contributed by atoms with E-state index in [9.17, 15) is 14.4 Å². The van der Waals surface area contributed by atoms with Crippen molar-refractivity contribution in [2.45, 2.75) is 19.0 Å². The molecule has 6 aromatic rings. The number of nitrogens with zero attached hydrogens (tertiary/aromatic N) is 5. The van der Waals surface area contributed by atoms with Crippen molar-refractivity contribution in [3.8, 4) is 5.75 Å². The number of anilines is 1. The number of hydrogen-bond acceptors (Lipinski definition) is 9. The number of rotatable bonds is 15. The van der Waals surface area contributed by atoms with Gasteiger partial charge < -0.3 is 24.3 Å². The van der Waals surface area contributed by atoms with Crippen LogP contribution in [0.15, 0.2) is 128 Å². The Hall–Kier alpha value is -6.40. The molecule has 0 aliphatic rings. The maximum Gasteiger partial charge on any atom is 0.325 e. The fourth-order valence-corrected chi connectivity index (χ4v) is 6.16. The molecule has 0 saturated carbocycles. The summed E-state index contributed by atoms with van der Waals surface area (Å²) in [6.07, 6.45) is 2.77. The molecular formula is C40H39N7O5. The Morgan fingerprint density at radius 2 is 1.40 bits per heavy atom. The quantitative estimate of drug-likeness (QED) is 0.111. The zero-order valence-corrected chi connectivity index (χ0v) is 28.9. The number of methoxy groups -OCH3 is 1. The molecule has 12 nitrogen and oxygen atoms in total. The van der Waals surface area contributed by atoms with Gasteiger partial charge in [0.1, 0.15) is 25.2 Å². The molecule has 4 aromatic carbocycles. The van der Waals surface area contributed by atoms with Gasteiger partial charge in [-0.2, -0.15) is 0 Å². The number of hydrogen-bond donors (Lipinski definition) is 2. The number of amides is 2. The minimum absolute atomic E-state index is 0.167. The Bertz CT molecular complexity index is 2070. The predicted octanol–water partition coefficient (Wildman–Crippen LogP) is 5.06. The van der Waals surface area contributed by atoms with Gasteiger partial charge in [-0.1, -0.05) is 91.0 Å². The average molecular weight is 698 g/mol. The number of ether oxygens (including phenoxy) is 2. The molecule has 2 amide bonds. The average Bonchev–Trinajstić information content (AvgIpc) is 3.60. The summed E-state index contributed by atoms with van der Waals surface area (Å²) in [6, 6.07) is 36.8. The van der Waals surface area contributed by atoms with Crippen LogP contribution in [0.1, 0.15) is 34.0 Å². The summed E-state index contributed by atoms with van der Waals surface area (Å²) in [5.74, 6) is -0.275.